The minimum atomic E-state index is -3.56. The van der Waals surface area contributed by atoms with E-state index in [1.165, 1.54) is 0 Å². The zero-order valence-corrected chi connectivity index (χ0v) is 30.3. The number of sulfonamides is 2. The molecule has 0 radical (unpaired) electrons. The molecule has 0 atom stereocenters. The van der Waals surface area contributed by atoms with Crippen molar-refractivity contribution in [2.45, 2.75) is 110 Å². The summed E-state index contributed by atoms with van der Waals surface area (Å²) in [6, 6.07) is 10.7. The van der Waals surface area contributed by atoms with Crippen LogP contribution < -0.4 is 9.44 Å². The van der Waals surface area contributed by atoms with Crippen molar-refractivity contribution >= 4 is 36.0 Å². The van der Waals surface area contributed by atoms with Gasteiger partial charge in [-0.1, -0.05) is 45.9 Å². The van der Waals surface area contributed by atoms with Gasteiger partial charge in [0, 0.05) is 28.8 Å². The van der Waals surface area contributed by atoms with Crippen molar-refractivity contribution in [3.05, 3.63) is 57.6 Å². The van der Waals surface area contributed by atoms with Crippen LogP contribution in [0.5, 0.6) is 0 Å². The fraction of sp³-hybridized carbons (Fsp3) is 0.613. The van der Waals surface area contributed by atoms with Crippen LogP contribution in [-0.2, 0) is 42.7 Å². The van der Waals surface area contributed by atoms with Crippen molar-refractivity contribution in [2.75, 3.05) is 13.2 Å². The van der Waals surface area contributed by atoms with Gasteiger partial charge in [-0.25, -0.2) is 26.3 Å². The van der Waals surface area contributed by atoms with Gasteiger partial charge < -0.3 is 9.47 Å². The molecule has 0 saturated carbocycles. The summed E-state index contributed by atoms with van der Waals surface area (Å²) in [6.07, 6.45) is 0. The maximum atomic E-state index is 12.5. The Morgan fingerprint density at radius 1 is 0.690 bits per heavy atom. The van der Waals surface area contributed by atoms with Gasteiger partial charge in [0.05, 0.1) is 23.0 Å². The summed E-state index contributed by atoms with van der Waals surface area (Å²) < 4.78 is 66.8. The van der Waals surface area contributed by atoms with Crippen LogP contribution in [0.25, 0.3) is 0 Å². The first-order chi connectivity index (χ1) is 19.0. The van der Waals surface area contributed by atoms with Crippen LogP contribution in [-0.4, -0.2) is 41.1 Å². The van der Waals surface area contributed by atoms with E-state index in [1.807, 2.05) is 59.7 Å². The molecule has 0 aliphatic heterocycles. The van der Waals surface area contributed by atoms with Crippen molar-refractivity contribution in [3.63, 3.8) is 0 Å². The first kappa shape index (κ1) is 38.7. The van der Waals surface area contributed by atoms with E-state index in [4.69, 9.17) is 9.47 Å². The molecule has 0 saturated heterocycles. The third-order valence-electron chi connectivity index (χ3n) is 5.15. The van der Waals surface area contributed by atoms with Gasteiger partial charge in [0.15, 0.2) is 0 Å². The topological polar surface area (TPSA) is 111 Å². The summed E-state index contributed by atoms with van der Waals surface area (Å²) in [5.41, 5.74) is 1.42. The van der Waals surface area contributed by atoms with Gasteiger partial charge in [0.1, 0.15) is 0 Å². The van der Waals surface area contributed by atoms with Gasteiger partial charge in [-0.15, -0.1) is 0 Å². The molecule has 8 nitrogen and oxygen atoms in total. The zero-order chi connectivity index (χ0) is 32.5. The maximum absolute atomic E-state index is 12.5. The molecule has 0 fully saturated rings. The molecule has 11 heteroatoms. The van der Waals surface area contributed by atoms with Gasteiger partial charge in [-0.2, -0.15) is 0 Å². The first-order valence-corrected chi connectivity index (χ1v) is 17.9. The molecule has 0 unspecified atom stereocenters. The highest BCUT2D eigenvalue weighted by Crippen LogP contribution is 2.25. The van der Waals surface area contributed by atoms with Crippen LogP contribution in [0.3, 0.4) is 0 Å². The van der Waals surface area contributed by atoms with Gasteiger partial charge >= 0.3 is 0 Å². The lowest BCUT2D eigenvalue weighted by atomic mass is 10.1. The van der Waals surface area contributed by atoms with E-state index in [0.29, 0.717) is 47.6 Å². The normalized spacial score (nSPS) is 12.9. The molecule has 0 aliphatic carbocycles. The van der Waals surface area contributed by atoms with E-state index in [-0.39, 0.29) is 4.90 Å². The average Bonchev–Trinajstić information content (AvgIpc) is 2.78. The number of ether oxygens (including phenoxy) is 2. The Morgan fingerprint density at radius 3 is 1.48 bits per heavy atom. The molecule has 0 bridgehead atoms. The van der Waals surface area contributed by atoms with Crippen LogP contribution in [0, 0.1) is 18.8 Å². The SMILES string of the molecule is CC(C)COCc1ccc(Br)c(S(=O)(=O)NC(C)(C)C)c1.Cc1ccc(COCC(C)C)cc1S(=O)(=O)NC(C)(C)C. The lowest BCUT2D eigenvalue weighted by Crippen LogP contribution is -2.40. The highest BCUT2D eigenvalue weighted by atomic mass is 79.9. The summed E-state index contributed by atoms with van der Waals surface area (Å²) in [5, 5.41) is 0. The summed E-state index contributed by atoms with van der Waals surface area (Å²) in [6.45, 7) is 23.2. The molecular formula is C31H51BrN2O6S2. The number of halogens is 1. The van der Waals surface area contributed by atoms with Crippen LogP contribution in [0.1, 0.15) is 85.9 Å². The lowest BCUT2D eigenvalue weighted by molar-refractivity contribution is 0.0969. The number of nitrogens with one attached hydrogen (secondary N) is 2. The highest BCUT2D eigenvalue weighted by Gasteiger charge is 2.25. The third kappa shape index (κ3) is 14.9. The van der Waals surface area contributed by atoms with Gasteiger partial charge in [-0.3, -0.25) is 0 Å². The number of aryl methyl sites for hydroxylation is 1. The Bertz CT molecular complexity index is 1260. The first-order valence-electron chi connectivity index (χ1n) is 14.1. The highest BCUT2D eigenvalue weighted by molar-refractivity contribution is 9.10. The number of benzene rings is 2. The second-order valence-electron chi connectivity index (χ2n) is 13.4. The summed E-state index contributed by atoms with van der Waals surface area (Å²) in [4.78, 5) is 0.561. The van der Waals surface area contributed by atoms with Crippen LogP contribution in [0.4, 0.5) is 0 Å². The van der Waals surface area contributed by atoms with Gasteiger partial charge in [-0.05, 0) is 111 Å². The molecular weight excluding hydrogens is 640 g/mol. The van der Waals surface area contributed by atoms with Gasteiger partial charge in [0.2, 0.25) is 20.0 Å². The summed E-state index contributed by atoms with van der Waals surface area (Å²) in [5.74, 6) is 0.910. The molecule has 240 valence electrons. The Morgan fingerprint density at radius 2 is 1.07 bits per heavy atom. The number of hydrogen-bond donors (Lipinski definition) is 2. The number of rotatable bonds is 12. The van der Waals surface area contributed by atoms with E-state index >= 15 is 0 Å². The van der Waals surface area contributed by atoms with E-state index in [1.54, 1.807) is 25.1 Å². The van der Waals surface area contributed by atoms with E-state index in [0.717, 1.165) is 16.7 Å². The molecule has 0 aliphatic rings. The standard InChI is InChI=1S/C16H27NO3S.C15H24BrNO3S/c1-12(2)10-20-11-14-8-7-13(3)15(9-14)21(18,19)17-16(4,5)6;1-11(2)9-20-10-12-6-7-13(16)14(8-12)21(18,19)17-15(3,4)5/h7-9,12,17H,10-11H2,1-6H3;6-8,11,17H,9-10H2,1-5H3. The van der Waals surface area contributed by atoms with Gasteiger partial charge in [0.25, 0.3) is 0 Å². The van der Waals surface area contributed by atoms with E-state index in [9.17, 15) is 16.8 Å². The fourth-order valence-corrected chi connectivity index (χ4v) is 7.76. The Kier molecular flexibility index (Phi) is 14.8. The van der Waals surface area contributed by atoms with E-state index < -0.39 is 31.1 Å². The monoisotopic (exact) mass is 690 g/mol. The molecule has 0 amide bonds. The molecule has 0 spiro atoms. The Labute approximate surface area is 263 Å². The van der Waals surface area contributed by atoms with Crippen molar-refractivity contribution < 1.29 is 26.3 Å². The Hall–Kier alpha value is -1.34. The lowest BCUT2D eigenvalue weighted by Gasteiger charge is -2.21. The molecule has 2 aromatic carbocycles. The summed E-state index contributed by atoms with van der Waals surface area (Å²) in [7, 11) is -7.08. The largest absolute Gasteiger partial charge is 0.377 e. The Balaban J connectivity index is 0.000000420. The summed E-state index contributed by atoms with van der Waals surface area (Å²) >= 11 is 3.31. The van der Waals surface area contributed by atoms with Crippen LogP contribution >= 0.6 is 15.9 Å². The average molecular weight is 692 g/mol. The molecule has 2 N–H and O–H groups in total. The molecule has 2 aromatic rings. The molecule has 2 rings (SSSR count). The number of hydrogen-bond acceptors (Lipinski definition) is 6. The maximum Gasteiger partial charge on any atom is 0.242 e. The van der Waals surface area contributed by atoms with Crippen molar-refractivity contribution in [1.82, 2.24) is 9.44 Å². The minimum Gasteiger partial charge on any atom is -0.377 e. The minimum absolute atomic E-state index is 0.239. The van der Waals surface area contributed by atoms with Crippen molar-refractivity contribution in [2.24, 2.45) is 11.8 Å². The van der Waals surface area contributed by atoms with E-state index in [2.05, 4.69) is 53.1 Å². The zero-order valence-electron chi connectivity index (χ0n) is 27.1. The smallest absolute Gasteiger partial charge is 0.242 e. The third-order valence-corrected chi connectivity index (χ3v) is 9.80. The predicted octanol–water partition coefficient (Wildman–Crippen LogP) is 6.94. The van der Waals surface area contributed by atoms with Crippen molar-refractivity contribution in [3.8, 4) is 0 Å². The molecule has 0 aromatic heterocycles. The second kappa shape index (κ2) is 16.1. The second-order valence-corrected chi connectivity index (χ2v) is 17.5. The fourth-order valence-electron chi connectivity index (χ4n) is 3.61. The van der Waals surface area contributed by atoms with Crippen molar-refractivity contribution in [1.29, 1.82) is 0 Å². The van der Waals surface area contributed by atoms with Crippen LogP contribution in [0.15, 0.2) is 50.7 Å². The van der Waals surface area contributed by atoms with Crippen LogP contribution in [0.2, 0.25) is 0 Å². The molecule has 42 heavy (non-hydrogen) atoms. The quantitative estimate of drug-likeness (QED) is 0.250. The molecule has 0 heterocycles. The predicted molar refractivity (Wildman–Crippen MR) is 174 cm³/mol.